The van der Waals surface area contributed by atoms with Crippen molar-refractivity contribution in [3.05, 3.63) is 69.7 Å². The Balaban J connectivity index is 1.68. The van der Waals surface area contributed by atoms with Crippen LogP contribution in [0.2, 0.25) is 0 Å². The molecule has 0 amide bonds. The predicted octanol–water partition coefficient (Wildman–Crippen LogP) is 3.72. The number of hydrogen-bond donors (Lipinski definition) is 2. The van der Waals surface area contributed by atoms with Gasteiger partial charge >= 0.3 is 0 Å². The molecule has 3 heteroatoms. The standard InChI is InChI=1S/C17H18BrNO/c18-16-3-1-2-15(10-16)17(8-9-17)19-11-13-4-6-14(12-20)7-5-13/h1-7,10,19-20H,8-9,11-12H2. The molecule has 3 rings (SSSR count). The number of aliphatic hydroxyl groups is 1. The first kappa shape index (κ1) is 13.8. The summed E-state index contributed by atoms with van der Waals surface area (Å²) in [5.74, 6) is 0. The third-order valence-electron chi connectivity index (χ3n) is 3.96. The molecule has 0 unspecified atom stereocenters. The molecule has 0 aromatic heterocycles. The molecule has 0 spiro atoms. The Morgan fingerprint density at radius 1 is 1.05 bits per heavy atom. The maximum atomic E-state index is 9.05. The Bertz CT molecular complexity index is 590. The van der Waals surface area contributed by atoms with Gasteiger partial charge in [0.25, 0.3) is 0 Å². The Morgan fingerprint density at radius 2 is 1.75 bits per heavy atom. The van der Waals surface area contributed by atoms with Crippen LogP contribution in [0.5, 0.6) is 0 Å². The molecule has 1 fully saturated rings. The zero-order chi connectivity index (χ0) is 14.0. The van der Waals surface area contributed by atoms with Crippen LogP contribution >= 0.6 is 15.9 Å². The predicted molar refractivity (Wildman–Crippen MR) is 84.3 cm³/mol. The fourth-order valence-corrected chi connectivity index (χ4v) is 2.91. The van der Waals surface area contributed by atoms with E-state index < -0.39 is 0 Å². The Morgan fingerprint density at radius 3 is 2.35 bits per heavy atom. The molecule has 0 atom stereocenters. The third kappa shape index (κ3) is 2.95. The van der Waals surface area contributed by atoms with Crippen LogP contribution in [-0.4, -0.2) is 5.11 Å². The highest BCUT2D eigenvalue weighted by atomic mass is 79.9. The van der Waals surface area contributed by atoms with E-state index in [1.807, 2.05) is 12.1 Å². The van der Waals surface area contributed by atoms with Crippen molar-refractivity contribution in [1.82, 2.24) is 5.32 Å². The van der Waals surface area contributed by atoms with Gasteiger partial charge in [0.2, 0.25) is 0 Å². The van der Waals surface area contributed by atoms with Crippen molar-refractivity contribution < 1.29 is 5.11 Å². The molecule has 1 aliphatic carbocycles. The highest BCUT2D eigenvalue weighted by Gasteiger charge is 2.43. The van der Waals surface area contributed by atoms with Gasteiger partial charge in [0, 0.05) is 16.6 Å². The van der Waals surface area contributed by atoms with Crippen LogP contribution in [0, 0.1) is 0 Å². The quantitative estimate of drug-likeness (QED) is 0.875. The van der Waals surface area contributed by atoms with Gasteiger partial charge in [-0.15, -0.1) is 0 Å². The average Bonchev–Trinajstić information content (AvgIpc) is 3.27. The normalized spacial score (nSPS) is 16.1. The van der Waals surface area contributed by atoms with E-state index in [4.69, 9.17) is 5.11 Å². The van der Waals surface area contributed by atoms with Gasteiger partial charge in [-0.2, -0.15) is 0 Å². The second-order valence-electron chi connectivity index (χ2n) is 5.42. The molecule has 2 nitrogen and oxygen atoms in total. The highest BCUT2D eigenvalue weighted by Crippen LogP contribution is 2.46. The first-order valence-corrected chi connectivity index (χ1v) is 7.71. The number of nitrogens with one attached hydrogen (secondary N) is 1. The molecule has 104 valence electrons. The molecule has 0 saturated heterocycles. The minimum Gasteiger partial charge on any atom is -0.392 e. The summed E-state index contributed by atoms with van der Waals surface area (Å²) in [6, 6.07) is 16.7. The van der Waals surface area contributed by atoms with Crippen LogP contribution in [0.15, 0.2) is 53.0 Å². The molecule has 0 bridgehead atoms. The van der Waals surface area contributed by atoms with Crippen LogP contribution in [-0.2, 0) is 18.7 Å². The van der Waals surface area contributed by atoms with E-state index in [1.54, 1.807) is 0 Å². The minimum absolute atomic E-state index is 0.107. The molecule has 1 saturated carbocycles. The summed E-state index contributed by atoms with van der Waals surface area (Å²) in [4.78, 5) is 0. The van der Waals surface area contributed by atoms with Crippen molar-refractivity contribution in [2.24, 2.45) is 0 Å². The second kappa shape index (κ2) is 5.68. The van der Waals surface area contributed by atoms with E-state index in [1.165, 1.54) is 24.0 Å². The van der Waals surface area contributed by atoms with E-state index >= 15 is 0 Å². The molecule has 0 radical (unpaired) electrons. The minimum atomic E-state index is 0.107. The largest absolute Gasteiger partial charge is 0.392 e. The van der Waals surface area contributed by atoms with Gasteiger partial charge in [-0.05, 0) is 41.7 Å². The third-order valence-corrected chi connectivity index (χ3v) is 4.46. The Kier molecular flexibility index (Phi) is 3.92. The number of halogens is 1. The molecule has 2 N–H and O–H groups in total. The van der Waals surface area contributed by atoms with E-state index in [0.29, 0.717) is 0 Å². The van der Waals surface area contributed by atoms with Crippen molar-refractivity contribution >= 4 is 15.9 Å². The van der Waals surface area contributed by atoms with Crippen molar-refractivity contribution in [2.45, 2.75) is 31.5 Å². The van der Waals surface area contributed by atoms with Gasteiger partial charge in [-0.1, -0.05) is 52.3 Å². The number of rotatable bonds is 5. The monoisotopic (exact) mass is 331 g/mol. The van der Waals surface area contributed by atoms with Crippen LogP contribution < -0.4 is 5.32 Å². The van der Waals surface area contributed by atoms with Crippen LogP contribution in [0.4, 0.5) is 0 Å². The molecule has 1 aliphatic rings. The van der Waals surface area contributed by atoms with Crippen molar-refractivity contribution in [3.63, 3.8) is 0 Å². The van der Waals surface area contributed by atoms with E-state index in [9.17, 15) is 0 Å². The molecule has 20 heavy (non-hydrogen) atoms. The maximum absolute atomic E-state index is 9.05. The van der Waals surface area contributed by atoms with Crippen molar-refractivity contribution in [2.75, 3.05) is 0 Å². The fourth-order valence-electron chi connectivity index (χ4n) is 2.51. The van der Waals surface area contributed by atoms with Gasteiger partial charge in [-0.3, -0.25) is 0 Å². The summed E-state index contributed by atoms with van der Waals surface area (Å²) in [5.41, 5.74) is 3.73. The first-order chi connectivity index (χ1) is 9.72. The van der Waals surface area contributed by atoms with E-state index in [2.05, 4.69) is 57.6 Å². The van der Waals surface area contributed by atoms with Crippen molar-refractivity contribution in [1.29, 1.82) is 0 Å². The second-order valence-corrected chi connectivity index (χ2v) is 6.34. The van der Waals surface area contributed by atoms with Gasteiger partial charge < -0.3 is 10.4 Å². The lowest BCUT2D eigenvalue weighted by atomic mass is 10.0. The van der Waals surface area contributed by atoms with Gasteiger partial charge in [0.15, 0.2) is 0 Å². The number of aliphatic hydroxyl groups excluding tert-OH is 1. The zero-order valence-corrected chi connectivity index (χ0v) is 12.9. The van der Waals surface area contributed by atoms with Crippen LogP contribution in [0.1, 0.15) is 29.5 Å². The highest BCUT2D eigenvalue weighted by molar-refractivity contribution is 9.10. The summed E-state index contributed by atoms with van der Waals surface area (Å²) in [6.07, 6.45) is 2.39. The van der Waals surface area contributed by atoms with Gasteiger partial charge in [-0.25, -0.2) is 0 Å². The maximum Gasteiger partial charge on any atom is 0.0681 e. The topological polar surface area (TPSA) is 32.3 Å². The molecule has 2 aromatic rings. The molecule has 0 aliphatic heterocycles. The summed E-state index contributed by atoms with van der Waals surface area (Å²) < 4.78 is 1.13. The number of hydrogen-bond acceptors (Lipinski definition) is 2. The summed E-state index contributed by atoms with van der Waals surface area (Å²) in [6.45, 7) is 0.966. The van der Waals surface area contributed by atoms with Crippen molar-refractivity contribution in [3.8, 4) is 0 Å². The zero-order valence-electron chi connectivity index (χ0n) is 11.3. The van der Waals surface area contributed by atoms with Gasteiger partial charge in [0.1, 0.15) is 0 Å². The summed E-state index contributed by atoms with van der Waals surface area (Å²) in [7, 11) is 0. The number of benzene rings is 2. The lowest BCUT2D eigenvalue weighted by Gasteiger charge is -2.18. The SMILES string of the molecule is OCc1ccc(CNC2(c3cccc(Br)c3)CC2)cc1. The Labute approximate surface area is 128 Å². The van der Waals surface area contributed by atoms with Gasteiger partial charge in [0.05, 0.1) is 6.61 Å². The molecular formula is C17H18BrNO. The average molecular weight is 332 g/mol. The van der Waals surface area contributed by atoms with E-state index in [-0.39, 0.29) is 12.1 Å². The first-order valence-electron chi connectivity index (χ1n) is 6.92. The van der Waals surface area contributed by atoms with E-state index in [0.717, 1.165) is 16.6 Å². The Hall–Kier alpha value is -1.16. The lowest BCUT2D eigenvalue weighted by Crippen LogP contribution is -2.28. The molecule has 0 heterocycles. The van der Waals surface area contributed by atoms with Crippen LogP contribution in [0.3, 0.4) is 0 Å². The molecular weight excluding hydrogens is 314 g/mol. The smallest absolute Gasteiger partial charge is 0.0681 e. The van der Waals surface area contributed by atoms with Crippen LogP contribution in [0.25, 0.3) is 0 Å². The fraction of sp³-hybridized carbons (Fsp3) is 0.294. The lowest BCUT2D eigenvalue weighted by molar-refractivity contribution is 0.282. The summed E-state index contributed by atoms with van der Waals surface area (Å²) in [5, 5.41) is 12.7. The summed E-state index contributed by atoms with van der Waals surface area (Å²) >= 11 is 3.54. The molecule has 2 aromatic carbocycles.